The zero-order valence-corrected chi connectivity index (χ0v) is 11.7. The molecule has 0 N–H and O–H groups in total. The van der Waals surface area contributed by atoms with Crippen LogP contribution in [0.4, 0.5) is 4.39 Å². The maximum absolute atomic E-state index is 13.1. The summed E-state index contributed by atoms with van der Waals surface area (Å²) in [7, 11) is 0. The minimum atomic E-state index is -0.342. The second-order valence-electron chi connectivity index (χ2n) is 5.95. The van der Waals surface area contributed by atoms with Crippen LogP contribution in [-0.4, -0.2) is 54.9 Å². The van der Waals surface area contributed by atoms with Gasteiger partial charge in [-0.15, -0.1) is 0 Å². The molecule has 1 saturated heterocycles. The Kier molecular flexibility index (Phi) is 4.13. The number of nitrogens with zero attached hydrogens (tertiary/aromatic N) is 2. The monoisotopic (exact) mass is 276 g/mol. The number of ketones is 1. The van der Waals surface area contributed by atoms with Crippen molar-refractivity contribution >= 4 is 5.78 Å². The van der Waals surface area contributed by atoms with Crippen molar-refractivity contribution in [3.63, 3.8) is 0 Å². The summed E-state index contributed by atoms with van der Waals surface area (Å²) in [5.41, 5.74) is 0.477. The predicted molar refractivity (Wildman–Crippen MR) is 76.3 cm³/mol. The molecule has 1 aliphatic carbocycles. The van der Waals surface area contributed by atoms with Crippen molar-refractivity contribution in [2.45, 2.75) is 12.8 Å². The van der Waals surface area contributed by atoms with Gasteiger partial charge in [-0.25, -0.2) is 4.39 Å². The predicted octanol–water partition coefficient (Wildman–Crippen LogP) is 2.04. The molecule has 0 atom stereocenters. The topological polar surface area (TPSA) is 23.6 Å². The van der Waals surface area contributed by atoms with E-state index in [1.54, 1.807) is 12.1 Å². The van der Waals surface area contributed by atoms with Gasteiger partial charge in [0.25, 0.3) is 0 Å². The molecule has 1 aromatic carbocycles. The summed E-state index contributed by atoms with van der Waals surface area (Å²) >= 11 is 0. The van der Waals surface area contributed by atoms with Crippen molar-refractivity contribution in [3.05, 3.63) is 35.6 Å². The highest BCUT2D eigenvalue weighted by Gasteiger charge is 2.26. The summed E-state index contributed by atoms with van der Waals surface area (Å²) in [5.74, 6) is 0.598. The van der Waals surface area contributed by atoms with Crippen LogP contribution in [0.5, 0.6) is 0 Å². The summed E-state index contributed by atoms with van der Waals surface area (Å²) in [6, 6.07) is 5.98. The minimum absolute atomic E-state index is 0.0140. The van der Waals surface area contributed by atoms with Crippen LogP contribution in [0.15, 0.2) is 24.3 Å². The lowest BCUT2D eigenvalue weighted by Gasteiger charge is -2.34. The first kappa shape index (κ1) is 13.7. The van der Waals surface area contributed by atoms with Crippen molar-refractivity contribution in [2.75, 3.05) is 39.3 Å². The second kappa shape index (κ2) is 6.02. The van der Waals surface area contributed by atoms with E-state index >= 15 is 0 Å². The zero-order chi connectivity index (χ0) is 13.9. The molecule has 108 valence electrons. The molecule has 20 heavy (non-hydrogen) atoms. The first-order valence-electron chi connectivity index (χ1n) is 7.44. The molecule has 3 nitrogen and oxygen atoms in total. The third kappa shape index (κ3) is 3.64. The molecule has 0 aromatic heterocycles. The Hall–Kier alpha value is -1.26. The molecule has 0 spiro atoms. The molecular formula is C16H21FN2O. The lowest BCUT2D eigenvalue weighted by atomic mass is 10.1. The number of carbonyl (C=O) groups is 1. The van der Waals surface area contributed by atoms with Crippen LogP contribution < -0.4 is 0 Å². The molecule has 1 heterocycles. The molecule has 0 radical (unpaired) electrons. The molecule has 0 amide bonds. The smallest absolute Gasteiger partial charge is 0.176 e. The number of Topliss-reactive ketones (excluding diaryl/α,β-unsaturated/α-hetero) is 1. The molecule has 3 rings (SSSR count). The van der Waals surface area contributed by atoms with Crippen molar-refractivity contribution in [2.24, 2.45) is 5.92 Å². The molecule has 1 aliphatic heterocycles. The number of halogens is 1. The lowest BCUT2D eigenvalue weighted by Crippen LogP contribution is -2.48. The molecule has 1 aromatic rings. The third-order valence-electron chi connectivity index (χ3n) is 4.19. The van der Waals surface area contributed by atoms with Gasteiger partial charge < -0.3 is 4.90 Å². The van der Waals surface area contributed by atoms with Crippen molar-refractivity contribution in [3.8, 4) is 0 Å². The molecule has 2 fully saturated rings. The second-order valence-corrected chi connectivity index (χ2v) is 5.95. The Morgan fingerprint density at radius 1 is 1.15 bits per heavy atom. The number of piperazine rings is 1. The van der Waals surface area contributed by atoms with E-state index < -0.39 is 0 Å². The van der Waals surface area contributed by atoms with Crippen LogP contribution in [0.3, 0.4) is 0 Å². The number of carbonyl (C=O) groups excluding carboxylic acids is 1. The highest BCUT2D eigenvalue weighted by atomic mass is 19.1. The van der Waals surface area contributed by atoms with Crippen LogP contribution >= 0.6 is 0 Å². The van der Waals surface area contributed by atoms with Crippen molar-refractivity contribution in [1.82, 2.24) is 9.80 Å². The Morgan fingerprint density at radius 2 is 1.85 bits per heavy atom. The fourth-order valence-electron chi connectivity index (χ4n) is 2.75. The highest BCUT2D eigenvalue weighted by molar-refractivity contribution is 5.97. The quantitative estimate of drug-likeness (QED) is 0.769. The maximum Gasteiger partial charge on any atom is 0.176 e. The highest BCUT2D eigenvalue weighted by Crippen LogP contribution is 2.29. The normalized spacial score (nSPS) is 21.1. The summed E-state index contributed by atoms with van der Waals surface area (Å²) in [6.07, 6.45) is 2.77. The fraction of sp³-hybridized carbons (Fsp3) is 0.562. The Bertz CT molecular complexity index is 479. The van der Waals surface area contributed by atoms with E-state index in [-0.39, 0.29) is 11.6 Å². The molecule has 4 heteroatoms. The van der Waals surface area contributed by atoms with Crippen LogP contribution in [0, 0.1) is 11.7 Å². The molecule has 0 unspecified atom stereocenters. The van der Waals surface area contributed by atoms with Crippen molar-refractivity contribution < 1.29 is 9.18 Å². The largest absolute Gasteiger partial charge is 0.301 e. The Labute approximate surface area is 119 Å². The summed E-state index contributed by atoms with van der Waals surface area (Å²) in [5, 5.41) is 0. The number of benzene rings is 1. The van der Waals surface area contributed by atoms with E-state index in [1.807, 2.05) is 0 Å². The Morgan fingerprint density at radius 3 is 2.50 bits per heavy atom. The van der Waals surface area contributed by atoms with Gasteiger partial charge in [0.15, 0.2) is 5.78 Å². The Balaban J connectivity index is 1.47. The number of hydrogen-bond acceptors (Lipinski definition) is 3. The first-order valence-corrected chi connectivity index (χ1v) is 7.44. The molecular weight excluding hydrogens is 255 g/mol. The van der Waals surface area contributed by atoms with Crippen LogP contribution in [0.1, 0.15) is 23.2 Å². The average molecular weight is 276 g/mol. The van der Waals surface area contributed by atoms with Gasteiger partial charge in [0.1, 0.15) is 5.82 Å². The van der Waals surface area contributed by atoms with Gasteiger partial charge in [0.2, 0.25) is 0 Å². The summed E-state index contributed by atoms with van der Waals surface area (Å²) < 4.78 is 13.1. The molecule has 1 saturated carbocycles. The van der Waals surface area contributed by atoms with E-state index in [0.29, 0.717) is 12.1 Å². The van der Waals surface area contributed by atoms with Crippen LogP contribution in [-0.2, 0) is 0 Å². The van der Waals surface area contributed by atoms with Crippen LogP contribution in [0.2, 0.25) is 0 Å². The van der Waals surface area contributed by atoms with Gasteiger partial charge in [-0.3, -0.25) is 9.69 Å². The standard InChI is InChI=1S/C16H21FN2O/c17-15-3-1-2-14(10-15)16(20)12-19-8-6-18(7-9-19)11-13-4-5-13/h1-3,10,13H,4-9,11-12H2. The summed E-state index contributed by atoms with van der Waals surface area (Å²) in [6.45, 7) is 5.60. The van der Waals surface area contributed by atoms with E-state index in [4.69, 9.17) is 0 Å². The van der Waals surface area contributed by atoms with Gasteiger partial charge >= 0.3 is 0 Å². The summed E-state index contributed by atoms with van der Waals surface area (Å²) in [4.78, 5) is 16.8. The van der Waals surface area contributed by atoms with Gasteiger partial charge in [0.05, 0.1) is 6.54 Å². The van der Waals surface area contributed by atoms with Crippen LogP contribution in [0.25, 0.3) is 0 Å². The third-order valence-corrected chi connectivity index (χ3v) is 4.19. The lowest BCUT2D eigenvalue weighted by molar-refractivity contribution is 0.0846. The van der Waals surface area contributed by atoms with Crippen molar-refractivity contribution in [1.29, 1.82) is 0 Å². The molecule has 0 bridgehead atoms. The number of rotatable bonds is 5. The minimum Gasteiger partial charge on any atom is -0.301 e. The zero-order valence-electron chi connectivity index (χ0n) is 11.7. The van der Waals surface area contributed by atoms with Gasteiger partial charge in [0, 0.05) is 38.3 Å². The first-order chi connectivity index (χ1) is 9.70. The van der Waals surface area contributed by atoms with E-state index in [1.165, 1.54) is 31.5 Å². The molecule has 2 aliphatic rings. The maximum atomic E-state index is 13.1. The number of hydrogen-bond donors (Lipinski definition) is 0. The van der Waals surface area contributed by atoms with Gasteiger partial charge in [-0.2, -0.15) is 0 Å². The van der Waals surface area contributed by atoms with Gasteiger partial charge in [-0.1, -0.05) is 12.1 Å². The van der Waals surface area contributed by atoms with E-state index in [9.17, 15) is 9.18 Å². The average Bonchev–Trinajstić information content (AvgIpc) is 3.25. The fourth-order valence-corrected chi connectivity index (χ4v) is 2.75. The van der Waals surface area contributed by atoms with E-state index in [0.717, 1.165) is 32.1 Å². The van der Waals surface area contributed by atoms with E-state index in [2.05, 4.69) is 9.80 Å². The SMILES string of the molecule is O=C(CN1CCN(CC2CC2)CC1)c1cccc(F)c1. The van der Waals surface area contributed by atoms with Gasteiger partial charge in [-0.05, 0) is 30.9 Å².